The van der Waals surface area contributed by atoms with Crippen LogP contribution in [-0.2, 0) is 9.59 Å². The Labute approximate surface area is 150 Å². The Morgan fingerprint density at radius 3 is 2.58 bits per heavy atom. The number of hydrogen-bond donors (Lipinski definition) is 2. The maximum Gasteiger partial charge on any atom is 0.329 e. The molecule has 0 spiro atoms. The van der Waals surface area contributed by atoms with Crippen LogP contribution in [0, 0.1) is 0 Å². The highest BCUT2D eigenvalue weighted by Gasteiger charge is 2.13. The molecule has 3 aromatic rings. The van der Waals surface area contributed by atoms with Crippen molar-refractivity contribution >= 4 is 34.5 Å². The summed E-state index contributed by atoms with van der Waals surface area (Å²) in [6, 6.07) is 20.4. The molecule has 0 aliphatic carbocycles. The molecule has 2 N–H and O–H groups in total. The summed E-state index contributed by atoms with van der Waals surface area (Å²) >= 11 is 0. The van der Waals surface area contributed by atoms with Crippen LogP contribution in [0.3, 0.4) is 0 Å². The van der Waals surface area contributed by atoms with Gasteiger partial charge in [-0.25, -0.2) is 5.43 Å². The van der Waals surface area contributed by atoms with E-state index in [0.29, 0.717) is 11.4 Å². The molecule has 0 saturated heterocycles. The average molecular weight is 347 g/mol. The smallest absolute Gasteiger partial charge is 0.329 e. The number of anilines is 1. The van der Waals surface area contributed by atoms with Gasteiger partial charge >= 0.3 is 11.8 Å². The second-order valence-electron chi connectivity index (χ2n) is 5.45. The summed E-state index contributed by atoms with van der Waals surface area (Å²) < 4.78 is 5.07. The van der Waals surface area contributed by atoms with Crippen LogP contribution in [0.25, 0.3) is 10.8 Å². The lowest BCUT2D eigenvalue weighted by molar-refractivity contribution is -0.136. The number of benzene rings is 3. The third-order valence-corrected chi connectivity index (χ3v) is 3.73. The van der Waals surface area contributed by atoms with E-state index in [-0.39, 0.29) is 0 Å². The summed E-state index contributed by atoms with van der Waals surface area (Å²) in [6.45, 7) is 0. The van der Waals surface area contributed by atoms with Gasteiger partial charge in [0, 0.05) is 17.3 Å². The highest BCUT2D eigenvalue weighted by molar-refractivity contribution is 6.39. The number of methoxy groups -OCH3 is 1. The minimum atomic E-state index is -0.857. The monoisotopic (exact) mass is 347 g/mol. The molecule has 0 saturated carbocycles. The molecule has 0 unspecified atom stereocenters. The number of ether oxygens (including phenoxy) is 1. The van der Waals surface area contributed by atoms with E-state index in [0.717, 1.165) is 16.3 Å². The predicted molar refractivity (Wildman–Crippen MR) is 101 cm³/mol. The number of nitrogens with zero attached hydrogens (tertiary/aromatic N) is 1. The van der Waals surface area contributed by atoms with E-state index >= 15 is 0 Å². The van der Waals surface area contributed by atoms with E-state index < -0.39 is 11.8 Å². The molecular formula is C20H17N3O3. The summed E-state index contributed by atoms with van der Waals surface area (Å²) in [4.78, 5) is 23.8. The Hall–Kier alpha value is -3.67. The van der Waals surface area contributed by atoms with Crippen molar-refractivity contribution in [1.82, 2.24) is 5.43 Å². The van der Waals surface area contributed by atoms with Crippen molar-refractivity contribution in [1.29, 1.82) is 0 Å². The molecule has 0 bridgehead atoms. The molecule has 6 heteroatoms. The Balaban J connectivity index is 1.64. The van der Waals surface area contributed by atoms with Crippen LogP contribution in [0.1, 0.15) is 5.56 Å². The molecular weight excluding hydrogens is 330 g/mol. The van der Waals surface area contributed by atoms with Crippen molar-refractivity contribution < 1.29 is 14.3 Å². The van der Waals surface area contributed by atoms with Gasteiger partial charge in [0.2, 0.25) is 0 Å². The van der Waals surface area contributed by atoms with Crippen LogP contribution < -0.4 is 15.5 Å². The fourth-order valence-electron chi connectivity index (χ4n) is 2.46. The molecule has 0 atom stereocenters. The molecule has 130 valence electrons. The molecule has 0 aliphatic rings. The van der Waals surface area contributed by atoms with E-state index in [1.807, 2.05) is 42.5 Å². The first kappa shape index (κ1) is 17.2. The topological polar surface area (TPSA) is 79.8 Å². The van der Waals surface area contributed by atoms with Gasteiger partial charge < -0.3 is 10.1 Å². The lowest BCUT2D eigenvalue weighted by Crippen LogP contribution is -2.32. The molecule has 2 amide bonds. The minimum Gasteiger partial charge on any atom is -0.497 e. The first-order valence-electron chi connectivity index (χ1n) is 7.93. The van der Waals surface area contributed by atoms with E-state index in [2.05, 4.69) is 15.8 Å². The molecule has 6 nitrogen and oxygen atoms in total. The van der Waals surface area contributed by atoms with E-state index in [1.54, 1.807) is 24.3 Å². The Kier molecular flexibility index (Phi) is 5.24. The lowest BCUT2D eigenvalue weighted by atomic mass is 10.1. The van der Waals surface area contributed by atoms with Crippen molar-refractivity contribution in [3.63, 3.8) is 0 Å². The fraction of sp³-hybridized carbons (Fsp3) is 0.0500. The molecule has 3 aromatic carbocycles. The molecule has 26 heavy (non-hydrogen) atoms. The van der Waals surface area contributed by atoms with Crippen LogP contribution >= 0.6 is 0 Å². The normalized spacial score (nSPS) is 10.7. The van der Waals surface area contributed by atoms with Crippen molar-refractivity contribution in [2.24, 2.45) is 5.10 Å². The zero-order valence-electron chi connectivity index (χ0n) is 14.1. The Morgan fingerprint density at radius 1 is 0.962 bits per heavy atom. The number of hydrazone groups is 1. The quantitative estimate of drug-likeness (QED) is 0.433. The first-order chi connectivity index (χ1) is 12.7. The molecule has 0 aliphatic heterocycles. The summed E-state index contributed by atoms with van der Waals surface area (Å²) in [6.07, 6.45) is 1.51. The van der Waals surface area contributed by atoms with E-state index in [4.69, 9.17) is 4.74 Å². The summed E-state index contributed by atoms with van der Waals surface area (Å²) in [5, 5.41) is 8.44. The van der Waals surface area contributed by atoms with Gasteiger partial charge in [-0.15, -0.1) is 0 Å². The number of hydrogen-bond acceptors (Lipinski definition) is 4. The first-order valence-corrected chi connectivity index (χ1v) is 7.93. The maximum absolute atomic E-state index is 11.9. The van der Waals surface area contributed by atoms with Gasteiger partial charge in [-0.05, 0) is 22.9 Å². The van der Waals surface area contributed by atoms with Gasteiger partial charge in [0.1, 0.15) is 5.75 Å². The zero-order chi connectivity index (χ0) is 18.4. The molecule has 0 heterocycles. The van der Waals surface area contributed by atoms with Gasteiger partial charge in [-0.1, -0.05) is 48.5 Å². The van der Waals surface area contributed by atoms with Gasteiger partial charge in [0.25, 0.3) is 0 Å². The van der Waals surface area contributed by atoms with Gasteiger partial charge in [-0.3, -0.25) is 9.59 Å². The zero-order valence-corrected chi connectivity index (χ0v) is 14.1. The molecule has 0 fully saturated rings. The van der Waals surface area contributed by atoms with E-state index in [9.17, 15) is 9.59 Å². The second-order valence-corrected chi connectivity index (χ2v) is 5.45. The number of amides is 2. The second kappa shape index (κ2) is 7.94. The van der Waals surface area contributed by atoms with Gasteiger partial charge in [-0.2, -0.15) is 5.10 Å². The van der Waals surface area contributed by atoms with Crippen LogP contribution in [-0.4, -0.2) is 25.1 Å². The van der Waals surface area contributed by atoms with Crippen LogP contribution in [0.5, 0.6) is 5.75 Å². The Bertz CT molecular complexity index is 977. The van der Waals surface area contributed by atoms with E-state index in [1.165, 1.54) is 13.3 Å². The largest absolute Gasteiger partial charge is 0.497 e. The minimum absolute atomic E-state index is 0.461. The highest BCUT2D eigenvalue weighted by Crippen LogP contribution is 2.17. The average Bonchev–Trinajstić information content (AvgIpc) is 2.68. The van der Waals surface area contributed by atoms with Crippen molar-refractivity contribution in [3.8, 4) is 5.75 Å². The molecule has 0 aromatic heterocycles. The number of carbonyl (C=O) groups is 2. The summed E-state index contributed by atoms with van der Waals surface area (Å²) in [5.74, 6) is -1.09. The van der Waals surface area contributed by atoms with Gasteiger partial charge in [0.05, 0.1) is 13.3 Å². The highest BCUT2D eigenvalue weighted by atomic mass is 16.5. The third kappa shape index (κ3) is 4.05. The van der Waals surface area contributed by atoms with Crippen molar-refractivity contribution in [2.45, 2.75) is 0 Å². The third-order valence-electron chi connectivity index (χ3n) is 3.73. The maximum atomic E-state index is 11.9. The number of carbonyl (C=O) groups excluding carboxylic acids is 2. The fourth-order valence-corrected chi connectivity index (χ4v) is 2.46. The van der Waals surface area contributed by atoms with Gasteiger partial charge in [0.15, 0.2) is 0 Å². The lowest BCUT2D eigenvalue weighted by Gasteiger charge is -2.06. The van der Waals surface area contributed by atoms with Crippen LogP contribution in [0.4, 0.5) is 5.69 Å². The number of rotatable bonds is 4. The molecule has 0 radical (unpaired) electrons. The SMILES string of the molecule is COc1cccc(NC(=O)C(=O)N/N=C/c2cccc3ccccc23)c1. The molecule has 3 rings (SSSR count). The number of nitrogens with one attached hydrogen (secondary N) is 2. The van der Waals surface area contributed by atoms with Crippen molar-refractivity contribution in [3.05, 3.63) is 72.3 Å². The number of fused-ring (bicyclic) bond motifs is 1. The summed E-state index contributed by atoms with van der Waals surface area (Å²) in [7, 11) is 1.52. The summed E-state index contributed by atoms with van der Waals surface area (Å²) in [5.41, 5.74) is 3.54. The predicted octanol–water partition coefficient (Wildman–Crippen LogP) is 2.94. The Morgan fingerprint density at radius 2 is 1.73 bits per heavy atom. The van der Waals surface area contributed by atoms with Crippen LogP contribution in [0.2, 0.25) is 0 Å². The van der Waals surface area contributed by atoms with Crippen LogP contribution in [0.15, 0.2) is 71.8 Å². The standard InChI is InChI=1S/C20H17N3O3/c1-26-17-10-5-9-16(12-17)22-19(24)20(25)23-21-13-15-8-4-7-14-6-2-3-11-18(14)15/h2-13H,1H3,(H,22,24)(H,23,25)/b21-13+. The van der Waals surface area contributed by atoms with Crippen molar-refractivity contribution in [2.75, 3.05) is 12.4 Å².